The Kier molecular flexibility index (Phi) is 10.4. The third-order valence-electron chi connectivity index (χ3n) is 6.31. The third kappa shape index (κ3) is 8.01. The number of ether oxygens (including phenoxy) is 1. The predicted molar refractivity (Wildman–Crippen MR) is 144 cm³/mol. The normalized spacial score (nSPS) is 13.6. The summed E-state index contributed by atoms with van der Waals surface area (Å²) in [4.78, 5) is 52.5. The van der Waals surface area contributed by atoms with Gasteiger partial charge in [-0.3, -0.25) is 14.6 Å². The number of alkyl carbamates (subject to hydrolysis) is 1. The molecule has 0 unspecified atom stereocenters. The van der Waals surface area contributed by atoms with Crippen molar-refractivity contribution in [1.29, 1.82) is 0 Å². The number of amides is 3. The second kappa shape index (κ2) is 13.9. The van der Waals surface area contributed by atoms with E-state index >= 15 is 0 Å². The van der Waals surface area contributed by atoms with Gasteiger partial charge in [0.05, 0.1) is 12.6 Å². The van der Waals surface area contributed by atoms with E-state index in [-0.39, 0.29) is 12.6 Å². The number of carbonyl (C=O) groups excluding carboxylic acids is 4. The molecule has 3 amide bonds. The maximum Gasteiger partial charge on any atom is 0.408 e. The Labute approximate surface area is 226 Å². The number of aldehydes is 1. The molecule has 0 aliphatic heterocycles. The summed E-state index contributed by atoms with van der Waals surface area (Å²) in [5, 5.41) is 16.9. The van der Waals surface area contributed by atoms with Crippen LogP contribution in [0.2, 0.25) is 0 Å². The Morgan fingerprint density at radius 3 is 2.51 bits per heavy atom. The second-order valence-corrected chi connectivity index (χ2v) is 9.16. The van der Waals surface area contributed by atoms with Crippen molar-refractivity contribution in [3.63, 3.8) is 0 Å². The van der Waals surface area contributed by atoms with Gasteiger partial charge >= 0.3 is 6.09 Å². The summed E-state index contributed by atoms with van der Waals surface area (Å²) in [6.07, 6.45) is 1.18. The van der Waals surface area contributed by atoms with Crippen molar-refractivity contribution in [3.05, 3.63) is 59.2 Å². The minimum atomic E-state index is -1.35. The van der Waals surface area contributed by atoms with Crippen LogP contribution in [-0.4, -0.2) is 66.5 Å². The highest BCUT2D eigenvalue weighted by Crippen LogP contribution is 2.38. The lowest BCUT2D eigenvalue weighted by atomic mass is 10.0. The van der Waals surface area contributed by atoms with Crippen molar-refractivity contribution in [1.82, 2.24) is 16.0 Å². The largest absolute Gasteiger partial charge is 0.445 e. The van der Waals surface area contributed by atoms with Crippen LogP contribution in [0, 0.1) is 0 Å². The first-order chi connectivity index (χ1) is 18.7. The van der Waals surface area contributed by atoms with Gasteiger partial charge in [-0.15, -0.1) is 0 Å². The quantitative estimate of drug-likeness (QED) is 0.0761. The molecule has 1 aliphatic rings. The molecule has 0 aromatic heterocycles. The van der Waals surface area contributed by atoms with Gasteiger partial charge in [0, 0.05) is 6.54 Å². The van der Waals surface area contributed by atoms with Crippen LogP contribution in [0.3, 0.4) is 0 Å². The van der Waals surface area contributed by atoms with Crippen LogP contribution in [0.15, 0.2) is 47.5 Å². The molecule has 0 saturated carbocycles. The number of rotatable bonds is 13. The van der Waals surface area contributed by atoms with Gasteiger partial charge < -0.3 is 42.1 Å². The topological polar surface area (TPSA) is 198 Å². The summed E-state index contributed by atoms with van der Waals surface area (Å²) in [7, 11) is 0. The Morgan fingerprint density at radius 2 is 1.79 bits per heavy atom. The molecule has 12 nitrogen and oxygen atoms in total. The van der Waals surface area contributed by atoms with E-state index in [4.69, 9.17) is 16.2 Å². The molecule has 3 rings (SSSR count). The van der Waals surface area contributed by atoms with E-state index in [1.165, 1.54) is 12.5 Å². The van der Waals surface area contributed by atoms with Gasteiger partial charge in [0.1, 0.15) is 25.0 Å². The van der Waals surface area contributed by atoms with E-state index in [1.54, 1.807) is 0 Å². The van der Waals surface area contributed by atoms with Crippen LogP contribution in [-0.2, 0) is 32.1 Å². The van der Waals surface area contributed by atoms with Crippen LogP contribution < -0.4 is 27.4 Å². The zero-order valence-electron chi connectivity index (χ0n) is 21.7. The lowest BCUT2D eigenvalue weighted by molar-refractivity contribution is -0.131. The van der Waals surface area contributed by atoms with Crippen LogP contribution in [0.1, 0.15) is 36.5 Å². The molecule has 0 heterocycles. The number of nitrogens with zero attached hydrogens (tertiary/aromatic N) is 1. The number of hydrogen-bond donors (Lipinski definition) is 6. The molecule has 8 N–H and O–H groups in total. The lowest BCUT2D eigenvalue weighted by Gasteiger charge is -2.21. The van der Waals surface area contributed by atoms with Gasteiger partial charge in [0.25, 0.3) is 0 Å². The SMILES string of the molecule is C[C@H](NC(=O)[C@@H](CO)NC(=O)OCc1cccc2c1Cc1ccccc1-2)C(=O)N[C@H](C=O)CCCN=C(N)N. The van der Waals surface area contributed by atoms with Gasteiger partial charge in [-0.1, -0.05) is 42.5 Å². The molecule has 0 fully saturated rings. The van der Waals surface area contributed by atoms with Gasteiger partial charge in [0.2, 0.25) is 11.8 Å². The fourth-order valence-electron chi connectivity index (χ4n) is 4.26. The monoisotopic (exact) mass is 538 g/mol. The van der Waals surface area contributed by atoms with Crippen LogP contribution in [0.25, 0.3) is 11.1 Å². The maximum atomic E-state index is 12.6. The first kappa shape index (κ1) is 29.1. The summed E-state index contributed by atoms with van der Waals surface area (Å²) < 4.78 is 5.33. The van der Waals surface area contributed by atoms with E-state index in [9.17, 15) is 24.3 Å². The minimum Gasteiger partial charge on any atom is -0.445 e. The number of carbonyl (C=O) groups is 4. The third-order valence-corrected chi connectivity index (χ3v) is 6.31. The number of nitrogens with two attached hydrogens (primary N) is 2. The molecule has 0 bridgehead atoms. The molecule has 3 atom stereocenters. The first-order valence-electron chi connectivity index (χ1n) is 12.6. The zero-order chi connectivity index (χ0) is 28.4. The van der Waals surface area contributed by atoms with Gasteiger partial charge in [-0.05, 0) is 54.0 Å². The molecule has 2 aromatic carbocycles. The summed E-state index contributed by atoms with van der Waals surface area (Å²) >= 11 is 0. The van der Waals surface area contributed by atoms with Crippen LogP contribution in [0.5, 0.6) is 0 Å². The highest BCUT2D eigenvalue weighted by molar-refractivity contribution is 5.92. The maximum absolute atomic E-state index is 12.6. The Balaban J connectivity index is 1.47. The summed E-state index contributed by atoms with van der Waals surface area (Å²) in [6.45, 7) is 0.981. The number of benzene rings is 2. The fourth-order valence-corrected chi connectivity index (χ4v) is 4.26. The number of aliphatic hydroxyl groups is 1. The summed E-state index contributed by atoms with van der Waals surface area (Å²) in [6, 6.07) is 10.7. The molecule has 0 radical (unpaired) electrons. The standard InChI is InChI=1S/C27H34N6O6/c1-16(24(36)32-19(13-34)8-5-11-30-26(28)29)31-25(37)23(14-35)33-27(38)39-15-18-7-4-10-21-20-9-3-2-6-17(20)12-22(18)21/h2-4,6-7,9-10,13,16,19,23,35H,5,8,11-12,14-15H2,1H3,(H,31,37)(H,32,36)(H,33,38)(H4,28,29,30)/t16-,19-,23+/m0/s1. The minimum absolute atomic E-state index is 0.0160. The average Bonchev–Trinajstić information content (AvgIpc) is 3.31. The molecule has 12 heteroatoms. The summed E-state index contributed by atoms with van der Waals surface area (Å²) in [5.41, 5.74) is 15.9. The van der Waals surface area contributed by atoms with Gasteiger partial charge in [0.15, 0.2) is 5.96 Å². The molecule has 208 valence electrons. The lowest BCUT2D eigenvalue weighted by Crippen LogP contribution is -2.55. The molecule has 0 saturated heterocycles. The molecular weight excluding hydrogens is 504 g/mol. The number of fused-ring (bicyclic) bond motifs is 3. The predicted octanol–water partition coefficient (Wildman–Crippen LogP) is 0.0869. The average molecular weight is 539 g/mol. The fraction of sp³-hybridized carbons (Fsp3) is 0.370. The number of aliphatic hydroxyl groups excluding tert-OH is 1. The molecule has 1 aliphatic carbocycles. The van der Waals surface area contributed by atoms with Crippen LogP contribution >= 0.6 is 0 Å². The van der Waals surface area contributed by atoms with E-state index in [2.05, 4.69) is 33.1 Å². The number of guanidine groups is 1. The number of nitrogens with one attached hydrogen (secondary N) is 3. The molecular formula is C27H34N6O6. The smallest absolute Gasteiger partial charge is 0.408 e. The number of hydrogen-bond acceptors (Lipinski definition) is 7. The van der Waals surface area contributed by atoms with E-state index < -0.39 is 42.6 Å². The second-order valence-electron chi connectivity index (χ2n) is 9.16. The summed E-state index contributed by atoms with van der Waals surface area (Å²) in [5.74, 6) is -1.47. The van der Waals surface area contributed by atoms with Crippen molar-refractivity contribution < 1.29 is 29.0 Å². The van der Waals surface area contributed by atoms with Crippen molar-refractivity contribution in [2.75, 3.05) is 13.2 Å². The first-order valence-corrected chi connectivity index (χ1v) is 12.6. The van der Waals surface area contributed by atoms with Gasteiger partial charge in [-0.2, -0.15) is 0 Å². The highest BCUT2D eigenvalue weighted by atomic mass is 16.5. The zero-order valence-corrected chi connectivity index (χ0v) is 21.7. The van der Waals surface area contributed by atoms with E-state index in [0.717, 1.165) is 28.7 Å². The Morgan fingerprint density at radius 1 is 1.05 bits per heavy atom. The van der Waals surface area contributed by atoms with E-state index in [0.29, 0.717) is 25.7 Å². The van der Waals surface area contributed by atoms with Gasteiger partial charge in [-0.25, -0.2) is 4.79 Å². The molecule has 39 heavy (non-hydrogen) atoms. The molecule has 2 aromatic rings. The van der Waals surface area contributed by atoms with Crippen molar-refractivity contribution in [2.24, 2.45) is 16.5 Å². The van der Waals surface area contributed by atoms with Crippen molar-refractivity contribution in [2.45, 2.75) is 50.9 Å². The number of aliphatic imine (C=N–C) groups is 1. The van der Waals surface area contributed by atoms with E-state index in [1.807, 2.05) is 30.3 Å². The Bertz CT molecular complexity index is 1230. The molecule has 0 spiro atoms. The van der Waals surface area contributed by atoms with Crippen molar-refractivity contribution in [3.8, 4) is 11.1 Å². The van der Waals surface area contributed by atoms with Crippen LogP contribution in [0.4, 0.5) is 4.79 Å². The van der Waals surface area contributed by atoms with Crippen molar-refractivity contribution >= 4 is 30.2 Å². The Hall–Kier alpha value is -4.45. The highest BCUT2D eigenvalue weighted by Gasteiger charge is 2.26.